The van der Waals surface area contributed by atoms with Crippen LogP contribution in [0.2, 0.25) is 0 Å². The van der Waals surface area contributed by atoms with Crippen LogP contribution in [0.4, 0.5) is 0 Å². The van der Waals surface area contributed by atoms with E-state index in [9.17, 15) is 14.4 Å². The van der Waals surface area contributed by atoms with Gasteiger partial charge in [0.25, 0.3) is 11.5 Å². The van der Waals surface area contributed by atoms with Crippen LogP contribution in [0.15, 0.2) is 53.5 Å². The lowest BCUT2D eigenvalue weighted by molar-refractivity contribution is -0.136. The Balaban J connectivity index is 1.51. The van der Waals surface area contributed by atoms with Crippen molar-refractivity contribution in [3.05, 3.63) is 70.1 Å². The summed E-state index contributed by atoms with van der Waals surface area (Å²) < 4.78 is 1.35. The molecule has 2 amide bonds. The van der Waals surface area contributed by atoms with Gasteiger partial charge in [-0.25, -0.2) is 0 Å². The molecule has 4 rings (SSSR count). The van der Waals surface area contributed by atoms with Crippen LogP contribution in [-0.4, -0.2) is 58.9 Å². The van der Waals surface area contributed by atoms with Crippen LogP contribution < -0.4 is 10.9 Å². The smallest absolute Gasteiger partial charge is 0.263 e. The van der Waals surface area contributed by atoms with Crippen molar-refractivity contribution in [2.24, 2.45) is 0 Å². The van der Waals surface area contributed by atoms with Crippen LogP contribution in [0.5, 0.6) is 0 Å². The lowest BCUT2D eigenvalue weighted by Gasteiger charge is -2.40. The molecule has 0 bridgehead atoms. The topological polar surface area (TPSA) is 74.7 Å². The average molecular weight is 423 g/mol. The Bertz CT molecular complexity index is 982. The molecule has 1 atom stereocenters. The van der Waals surface area contributed by atoms with Gasteiger partial charge in [0.05, 0.1) is 6.04 Å². The number of rotatable bonds is 5. The molecule has 2 aromatic rings. The predicted molar refractivity (Wildman–Crippen MR) is 119 cm³/mol. The summed E-state index contributed by atoms with van der Waals surface area (Å²) in [5.41, 5.74) is 0.761. The number of amides is 2. The van der Waals surface area contributed by atoms with Crippen molar-refractivity contribution in [2.75, 3.05) is 26.7 Å². The minimum absolute atomic E-state index is 0.0583. The molecule has 0 radical (unpaired) electrons. The van der Waals surface area contributed by atoms with Gasteiger partial charge in [-0.1, -0.05) is 43.2 Å². The van der Waals surface area contributed by atoms with Crippen molar-refractivity contribution in [2.45, 2.75) is 44.3 Å². The molecule has 7 heteroatoms. The number of pyridine rings is 1. The number of carbonyl (C=O) groups excluding carboxylic acids is 2. The molecule has 164 valence electrons. The molecule has 1 N–H and O–H groups in total. The number of benzene rings is 1. The molecule has 2 fully saturated rings. The summed E-state index contributed by atoms with van der Waals surface area (Å²) in [5, 5.41) is 2.96. The Kier molecular flexibility index (Phi) is 6.51. The van der Waals surface area contributed by atoms with E-state index in [4.69, 9.17) is 0 Å². The van der Waals surface area contributed by atoms with Crippen LogP contribution in [0.25, 0.3) is 0 Å². The normalized spacial score (nSPS) is 20.0. The zero-order valence-corrected chi connectivity index (χ0v) is 18.0. The molecule has 2 heterocycles. The maximum absolute atomic E-state index is 13.2. The van der Waals surface area contributed by atoms with Gasteiger partial charge in [-0.2, -0.15) is 0 Å². The van der Waals surface area contributed by atoms with Gasteiger partial charge in [0.15, 0.2) is 0 Å². The van der Waals surface area contributed by atoms with Gasteiger partial charge in [-0.05, 0) is 37.6 Å². The molecule has 1 aromatic carbocycles. The molecule has 0 spiro atoms. The minimum atomic E-state index is -0.420. The molecule has 31 heavy (non-hydrogen) atoms. The second kappa shape index (κ2) is 9.47. The van der Waals surface area contributed by atoms with Crippen molar-refractivity contribution >= 4 is 11.8 Å². The molecule has 1 saturated heterocycles. The van der Waals surface area contributed by atoms with Gasteiger partial charge in [0.1, 0.15) is 12.1 Å². The SMILES string of the molecule is CN1CCN(C(=O)Cn2cccc(C(=O)NC3CCCC3)c2=O)[C@H](c2ccccc2)C1. The summed E-state index contributed by atoms with van der Waals surface area (Å²) in [5.74, 6) is -0.460. The Morgan fingerprint density at radius 3 is 2.52 bits per heavy atom. The first kappa shape index (κ1) is 21.3. The molecule has 1 aliphatic heterocycles. The van der Waals surface area contributed by atoms with E-state index in [0.29, 0.717) is 6.54 Å². The summed E-state index contributed by atoms with van der Waals surface area (Å²) in [7, 11) is 2.05. The number of nitrogens with zero attached hydrogens (tertiary/aromatic N) is 3. The van der Waals surface area contributed by atoms with Gasteiger partial charge < -0.3 is 19.7 Å². The van der Waals surface area contributed by atoms with Crippen LogP contribution in [0.1, 0.15) is 47.6 Å². The highest BCUT2D eigenvalue weighted by Crippen LogP contribution is 2.25. The van der Waals surface area contributed by atoms with Crippen molar-refractivity contribution in [1.82, 2.24) is 19.7 Å². The Labute approximate surface area is 182 Å². The summed E-state index contributed by atoms with van der Waals surface area (Å²) in [6.07, 6.45) is 5.70. The Hall–Kier alpha value is -2.93. The summed E-state index contributed by atoms with van der Waals surface area (Å²) in [6, 6.07) is 13.3. The lowest BCUT2D eigenvalue weighted by Crippen LogP contribution is -2.50. The molecular formula is C24H30N4O3. The van der Waals surface area contributed by atoms with Crippen molar-refractivity contribution in [3.8, 4) is 0 Å². The van der Waals surface area contributed by atoms with Crippen LogP contribution in [0.3, 0.4) is 0 Å². The minimum Gasteiger partial charge on any atom is -0.349 e. The highest BCUT2D eigenvalue weighted by atomic mass is 16.2. The van der Waals surface area contributed by atoms with Gasteiger partial charge >= 0.3 is 0 Å². The second-order valence-electron chi connectivity index (χ2n) is 8.59. The van der Waals surface area contributed by atoms with Gasteiger partial charge in [-0.15, -0.1) is 0 Å². The number of hydrogen-bond donors (Lipinski definition) is 1. The molecule has 2 aliphatic rings. The summed E-state index contributed by atoms with van der Waals surface area (Å²) >= 11 is 0. The van der Waals surface area contributed by atoms with Crippen LogP contribution >= 0.6 is 0 Å². The van der Waals surface area contributed by atoms with E-state index in [2.05, 4.69) is 17.3 Å². The third-order valence-electron chi connectivity index (χ3n) is 6.35. The number of hydrogen-bond acceptors (Lipinski definition) is 4. The fourth-order valence-corrected chi connectivity index (χ4v) is 4.58. The van der Waals surface area contributed by atoms with Crippen LogP contribution in [0, 0.1) is 0 Å². The van der Waals surface area contributed by atoms with E-state index < -0.39 is 5.56 Å². The third-order valence-corrected chi connectivity index (χ3v) is 6.35. The Morgan fingerprint density at radius 1 is 1.03 bits per heavy atom. The van der Waals surface area contributed by atoms with E-state index in [-0.39, 0.29) is 36.0 Å². The number of nitrogens with one attached hydrogen (secondary N) is 1. The van der Waals surface area contributed by atoms with Crippen LogP contribution in [-0.2, 0) is 11.3 Å². The molecule has 0 unspecified atom stereocenters. The van der Waals surface area contributed by atoms with Gasteiger partial charge in [-0.3, -0.25) is 14.4 Å². The lowest BCUT2D eigenvalue weighted by atomic mass is 10.0. The molecule has 1 aromatic heterocycles. The monoisotopic (exact) mass is 422 g/mol. The second-order valence-corrected chi connectivity index (χ2v) is 8.59. The van der Waals surface area contributed by atoms with E-state index in [1.807, 2.05) is 35.2 Å². The maximum atomic E-state index is 13.2. The van der Waals surface area contributed by atoms with E-state index in [0.717, 1.165) is 44.3 Å². The van der Waals surface area contributed by atoms with E-state index in [1.54, 1.807) is 12.3 Å². The average Bonchev–Trinajstić information content (AvgIpc) is 3.28. The first-order valence-corrected chi connectivity index (χ1v) is 11.1. The van der Waals surface area contributed by atoms with Crippen molar-refractivity contribution in [1.29, 1.82) is 0 Å². The fourth-order valence-electron chi connectivity index (χ4n) is 4.58. The maximum Gasteiger partial charge on any atom is 0.263 e. The van der Waals surface area contributed by atoms with Gasteiger partial charge in [0, 0.05) is 31.9 Å². The molecule has 7 nitrogen and oxygen atoms in total. The number of piperazine rings is 1. The molecule has 1 saturated carbocycles. The summed E-state index contributed by atoms with van der Waals surface area (Å²) in [6.45, 7) is 2.06. The highest BCUT2D eigenvalue weighted by molar-refractivity contribution is 5.94. The number of likely N-dealkylation sites (N-methyl/N-ethyl adjacent to an activating group) is 1. The highest BCUT2D eigenvalue weighted by Gasteiger charge is 2.30. The van der Waals surface area contributed by atoms with E-state index >= 15 is 0 Å². The quantitative estimate of drug-likeness (QED) is 0.800. The molecular weight excluding hydrogens is 392 g/mol. The standard InChI is InChI=1S/C24H30N4O3/c1-26-14-15-28(21(16-26)18-8-3-2-4-9-18)22(29)17-27-13-7-12-20(24(27)31)23(30)25-19-10-5-6-11-19/h2-4,7-9,12-13,19,21H,5-6,10-11,14-17H2,1H3,(H,25,30)/t21-/m0/s1. The summed E-state index contributed by atoms with van der Waals surface area (Å²) in [4.78, 5) is 42.8. The number of aromatic nitrogens is 1. The third kappa shape index (κ3) is 4.88. The number of carbonyl (C=O) groups is 2. The van der Waals surface area contributed by atoms with E-state index in [1.165, 1.54) is 10.6 Å². The van der Waals surface area contributed by atoms with Crippen molar-refractivity contribution < 1.29 is 9.59 Å². The zero-order chi connectivity index (χ0) is 21.8. The Morgan fingerprint density at radius 2 is 1.77 bits per heavy atom. The van der Waals surface area contributed by atoms with Crippen molar-refractivity contribution in [3.63, 3.8) is 0 Å². The van der Waals surface area contributed by atoms with Gasteiger partial charge in [0.2, 0.25) is 5.91 Å². The molecule has 1 aliphatic carbocycles. The predicted octanol–water partition coefficient (Wildman–Crippen LogP) is 2.04. The first-order valence-electron chi connectivity index (χ1n) is 11.1. The zero-order valence-electron chi connectivity index (χ0n) is 18.0. The largest absolute Gasteiger partial charge is 0.349 e. The fraction of sp³-hybridized carbons (Fsp3) is 0.458. The first-order chi connectivity index (χ1) is 15.0.